The van der Waals surface area contributed by atoms with Crippen LogP contribution in [0.4, 0.5) is 0 Å². The Balaban J connectivity index is 0. The Morgan fingerprint density at radius 2 is 0.667 bits per heavy atom. The van der Waals surface area contributed by atoms with Gasteiger partial charge in [-0.25, -0.2) is 0 Å². The van der Waals surface area contributed by atoms with Gasteiger partial charge in [-0.3, -0.25) is 0 Å². The average Bonchev–Trinajstić information content (AvgIpc) is 1.96. The molecular formula is C6H7BrN2. The van der Waals surface area contributed by atoms with Crippen molar-refractivity contribution >= 4 is 17.0 Å². The van der Waals surface area contributed by atoms with Gasteiger partial charge in [0.2, 0.25) is 0 Å². The molecule has 1 rings (SSSR count). The second-order valence-electron chi connectivity index (χ2n) is 1.15. The lowest BCUT2D eigenvalue weighted by atomic mass is 10.4. The first-order valence-electron chi connectivity index (χ1n) is 2.20. The fraction of sp³-hybridized carbons (Fsp3) is 0. The van der Waals surface area contributed by atoms with Crippen LogP contribution in [0.1, 0.15) is 0 Å². The maximum absolute atomic E-state index is 6.00. The van der Waals surface area contributed by atoms with Crippen LogP contribution in [-0.2, 0) is 0 Å². The van der Waals surface area contributed by atoms with E-state index in [1.807, 2.05) is 36.4 Å². The molecule has 0 saturated carbocycles. The number of rotatable bonds is 0. The Bertz CT molecular complexity index is 112. The molecule has 0 heterocycles. The number of hydrogen-bond acceptors (Lipinski definition) is 2. The van der Waals surface area contributed by atoms with E-state index in [1.54, 1.807) is 0 Å². The summed E-state index contributed by atoms with van der Waals surface area (Å²) in [4.78, 5) is 0. The third-order valence-electron chi connectivity index (χ3n) is 0.667. The van der Waals surface area contributed by atoms with Gasteiger partial charge in [0.05, 0.1) is 0 Å². The van der Waals surface area contributed by atoms with Crippen LogP contribution >= 0.6 is 17.0 Å². The molecule has 0 aliphatic carbocycles. The lowest BCUT2D eigenvalue weighted by Crippen LogP contribution is -1.47. The quantitative estimate of drug-likeness (QED) is 0.585. The predicted octanol–water partition coefficient (Wildman–Crippen LogP) is 2.29. The summed E-state index contributed by atoms with van der Waals surface area (Å²) in [5.74, 6) is 0. The molecule has 0 aliphatic rings. The fourth-order valence-electron chi connectivity index (χ4n) is 0.385. The topological polar surface area (TPSA) is 47.6 Å². The molecule has 0 fully saturated rings. The molecule has 2 nitrogen and oxygen atoms in total. The molecule has 1 aromatic rings. The van der Waals surface area contributed by atoms with Gasteiger partial charge >= 0.3 is 0 Å². The van der Waals surface area contributed by atoms with Crippen LogP contribution in [0.15, 0.2) is 36.4 Å². The van der Waals surface area contributed by atoms with Crippen molar-refractivity contribution in [3.05, 3.63) is 36.4 Å². The normalized spacial score (nSPS) is 5.56. The van der Waals surface area contributed by atoms with Crippen LogP contribution < -0.4 is 0 Å². The maximum Gasteiger partial charge on any atom is 0 e. The van der Waals surface area contributed by atoms with Gasteiger partial charge in [0.1, 0.15) is 0 Å². The van der Waals surface area contributed by atoms with E-state index in [2.05, 4.69) is 0 Å². The van der Waals surface area contributed by atoms with Crippen molar-refractivity contribution in [1.82, 2.24) is 0 Å². The van der Waals surface area contributed by atoms with Crippen molar-refractivity contribution < 1.29 is 0 Å². The van der Waals surface area contributed by atoms with Crippen LogP contribution in [0, 0.1) is 10.8 Å². The molecule has 1 aromatic carbocycles. The highest BCUT2D eigenvalue weighted by Crippen LogP contribution is 1.79. The molecule has 9 heavy (non-hydrogen) atoms. The summed E-state index contributed by atoms with van der Waals surface area (Å²) in [6.45, 7) is 0. The zero-order chi connectivity index (χ0) is 6.24. The summed E-state index contributed by atoms with van der Waals surface area (Å²) in [6.07, 6.45) is 0. The molecular weight excluding hydrogens is 180 g/mol. The number of halogens is 1. The highest BCUT2D eigenvalue weighted by atomic mass is 79.9. The van der Waals surface area contributed by atoms with E-state index >= 15 is 0 Å². The van der Waals surface area contributed by atoms with E-state index in [0.717, 1.165) is 0 Å². The minimum Gasteiger partial charge on any atom is -0.114 e. The van der Waals surface area contributed by atoms with Gasteiger partial charge in [-0.15, -0.1) is 17.0 Å². The Morgan fingerprint density at radius 3 is 0.778 bits per heavy atom. The van der Waals surface area contributed by atoms with E-state index in [1.165, 1.54) is 0 Å². The van der Waals surface area contributed by atoms with Crippen molar-refractivity contribution in [2.75, 3.05) is 0 Å². The van der Waals surface area contributed by atoms with E-state index < -0.39 is 0 Å². The molecule has 0 atom stereocenters. The van der Waals surface area contributed by atoms with Gasteiger partial charge in [0.25, 0.3) is 0 Å². The van der Waals surface area contributed by atoms with Gasteiger partial charge in [0, 0.05) is 10.8 Å². The zero-order valence-corrected chi connectivity index (χ0v) is 6.48. The summed E-state index contributed by atoms with van der Waals surface area (Å²) in [6, 6.07) is 12.0. The average molecular weight is 187 g/mol. The van der Waals surface area contributed by atoms with Gasteiger partial charge in [0.15, 0.2) is 0 Å². The van der Waals surface area contributed by atoms with Gasteiger partial charge in [-0.1, -0.05) is 36.4 Å². The number of hydrogen-bond donors (Lipinski definition) is 0. The standard InChI is InChI=1S/C6H6.BrH.N2/c1-2-4-6-5-3-1;;1-2/h1-6H;1H;. The number of benzene rings is 1. The summed E-state index contributed by atoms with van der Waals surface area (Å²) in [7, 11) is 0. The molecule has 0 amide bonds. The summed E-state index contributed by atoms with van der Waals surface area (Å²) in [5, 5.41) is 12.0. The first-order chi connectivity index (χ1) is 4.00. The molecule has 0 bridgehead atoms. The Hall–Kier alpha value is -0.880. The third kappa shape index (κ3) is 7.12. The summed E-state index contributed by atoms with van der Waals surface area (Å²) < 4.78 is 0. The van der Waals surface area contributed by atoms with E-state index in [0.29, 0.717) is 0 Å². The molecule has 0 radical (unpaired) electrons. The lowest BCUT2D eigenvalue weighted by Gasteiger charge is -1.69. The van der Waals surface area contributed by atoms with Crippen molar-refractivity contribution in [1.29, 1.82) is 10.8 Å². The minimum atomic E-state index is 0. The highest BCUT2D eigenvalue weighted by molar-refractivity contribution is 8.93. The van der Waals surface area contributed by atoms with Crippen LogP contribution in [0.2, 0.25) is 0 Å². The highest BCUT2D eigenvalue weighted by Gasteiger charge is 1.57. The first kappa shape index (κ1) is 11.0. The van der Waals surface area contributed by atoms with Gasteiger partial charge in [-0.2, -0.15) is 0 Å². The second kappa shape index (κ2) is 10.2. The van der Waals surface area contributed by atoms with Crippen LogP contribution in [0.5, 0.6) is 0 Å². The van der Waals surface area contributed by atoms with Crippen LogP contribution in [-0.4, -0.2) is 0 Å². The van der Waals surface area contributed by atoms with E-state index in [9.17, 15) is 0 Å². The maximum atomic E-state index is 6.00. The van der Waals surface area contributed by atoms with Gasteiger partial charge in [-0.05, 0) is 0 Å². The summed E-state index contributed by atoms with van der Waals surface area (Å²) in [5.41, 5.74) is 0. The molecule has 0 unspecified atom stereocenters. The Kier molecular flexibility index (Phi) is 12.4. The van der Waals surface area contributed by atoms with Crippen molar-refractivity contribution in [3.8, 4) is 0 Å². The lowest BCUT2D eigenvalue weighted by molar-refractivity contribution is 1.15. The largest absolute Gasteiger partial charge is 0.114 e. The van der Waals surface area contributed by atoms with Crippen LogP contribution in [0.3, 0.4) is 0 Å². The molecule has 0 aliphatic heterocycles. The zero-order valence-electron chi connectivity index (χ0n) is 4.77. The Morgan fingerprint density at radius 1 is 0.556 bits per heavy atom. The van der Waals surface area contributed by atoms with E-state index in [-0.39, 0.29) is 17.0 Å². The smallest absolute Gasteiger partial charge is 0 e. The molecule has 0 N–H and O–H groups in total. The first-order valence-corrected chi connectivity index (χ1v) is 2.20. The van der Waals surface area contributed by atoms with E-state index in [4.69, 9.17) is 10.8 Å². The minimum absolute atomic E-state index is 0. The van der Waals surface area contributed by atoms with Gasteiger partial charge < -0.3 is 0 Å². The monoisotopic (exact) mass is 186 g/mol. The molecule has 0 spiro atoms. The SMILES string of the molecule is Br.N#N.c1ccccc1. The molecule has 3 heteroatoms. The molecule has 0 saturated heterocycles. The van der Waals surface area contributed by atoms with Crippen molar-refractivity contribution in [2.24, 2.45) is 0 Å². The summed E-state index contributed by atoms with van der Waals surface area (Å²) >= 11 is 0. The molecule has 0 aromatic heterocycles. The van der Waals surface area contributed by atoms with Crippen molar-refractivity contribution in [2.45, 2.75) is 0 Å². The van der Waals surface area contributed by atoms with Crippen LogP contribution in [0.25, 0.3) is 0 Å². The second-order valence-corrected chi connectivity index (χ2v) is 1.15. The fourth-order valence-corrected chi connectivity index (χ4v) is 0.385. The Labute approximate surface area is 64.7 Å². The molecule has 48 valence electrons. The third-order valence-corrected chi connectivity index (χ3v) is 0.667. The number of nitrogens with zero attached hydrogens (tertiary/aromatic N) is 2. The van der Waals surface area contributed by atoms with Crippen molar-refractivity contribution in [3.63, 3.8) is 0 Å². The predicted molar refractivity (Wildman–Crippen MR) is 40.2 cm³/mol.